The first-order valence-corrected chi connectivity index (χ1v) is 9.79. The smallest absolute Gasteiger partial charge is 0.264 e. The van der Waals surface area contributed by atoms with Gasteiger partial charge in [-0.05, 0) is 55.8 Å². The molecule has 2 aliphatic heterocycles. The second-order valence-electron chi connectivity index (χ2n) is 7.14. The van der Waals surface area contributed by atoms with Gasteiger partial charge in [-0.2, -0.15) is 0 Å². The summed E-state index contributed by atoms with van der Waals surface area (Å²) in [5.41, 5.74) is 1.18. The summed E-state index contributed by atoms with van der Waals surface area (Å²) in [7, 11) is 1.66. The number of hydrogen-bond donors (Lipinski definition) is 1. The summed E-state index contributed by atoms with van der Waals surface area (Å²) >= 11 is 0. The fourth-order valence-electron chi connectivity index (χ4n) is 3.80. The summed E-state index contributed by atoms with van der Waals surface area (Å²) in [6.45, 7) is 2.85. The van der Waals surface area contributed by atoms with Crippen LogP contribution in [0.2, 0.25) is 0 Å². The molecule has 0 saturated carbocycles. The fourth-order valence-corrected chi connectivity index (χ4v) is 3.80. The SMILES string of the molecule is COc1ccc([C@H](CNC(=O)[C@@H]2COc3ccccc3O2)N2CCCC2)cc1. The first-order valence-electron chi connectivity index (χ1n) is 9.79. The van der Waals surface area contributed by atoms with Crippen LogP contribution in [0.15, 0.2) is 48.5 Å². The minimum atomic E-state index is -0.634. The summed E-state index contributed by atoms with van der Waals surface area (Å²) in [6, 6.07) is 15.6. The van der Waals surface area contributed by atoms with E-state index in [9.17, 15) is 4.79 Å². The van der Waals surface area contributed by atoms with E-state index in [0.717, 1.165) is 18.8 Å². The third kappa shape index (κ3) is 4.07. The Morgan fingerprint density at radius 1 is 1.14 bits per heavy atom. The molecule has 0 radical (unpaired) electrons. The first-order chi connectivity index (χ1) is 13.7. The number of methoxy groups -OCH3 is 1. The summed E-state index contributed by atoms with van der Waals surface area (Å²) in [5.74, 6) is 1.98. The molecule has 2 heterocycles. The number of benzene rings is 2. The molecule has 0 unspecified atom stereocenters. The van der Waals surface area contributed by atoms with Crippen LogP contribution in [0.4, 0.5) is 0 Å². The van der Waals surface area contributed by atoms with Crippen molar-refractivity contribution in [3.8, 4) is 17.2 Å². The monoisotopic (exact) mass is 382 g/mol. The Hall–Kier alpha value is -2.73. The molecular formula is C22H26N2O4. The van der Waals surface area contributed by atoms with Crippen molar-refractivity contribution < 1.29 is 19.0 Å². The van der Waals surface area contributed by atoms with Gasteiger partial charge in [0.05, 0.1) is 13.2 Å². The van der Waals surface area contributed by atoms with Gasteiger partial charge in [0.2, 0.25) is 6.10 Å². The maximum Gasteiger partial charge on any atom is 0.264 e. The average molecular weight is 382 g/mol. The van der Waals surface area contributed by atoms with Gasteiger partial charge in [-0.3, -0.25) is 9.69 Å². The Balaban J connectivity index is 1.41. The van der Waals surface area contributed by atoms with Gasteiger partial charge in [-0.1, -0.05) is 24.3 Å². The Morgan fingerprint density at radius 2 is 1.86 bits per heavy atom. The van der Waals surface area contributed by atoms with Gasteiger partial charge < -0.3 is 19.5 Å². The lowest BCUT2D eigenvalue weighted by Crippen LogP contribution is -2.46. The number of likely N-dealkylation sites (tertiary alicyclic amines) is 1. The number of carbonyl (C=O) groups excluding carboxylic acids is 1. The maximum absolute atomic E-state index is 12.7. The van der Waals surface area contributed by atoms with E-state index in [1.54, 1.807) is 7.11 Å². The number of ether oxygens (including phenoxy) is 3. The van der Waals surface area contributed by atoms with Gasteiger partial charge in [0, 0.05) is 6.54 Å². The summed E-state index contributed by atoms with van der Waals surface area (Å²) in [6.07, 6.45) is 1.75. The largest absolute Gasteiger partial charge is 0.497 e. The standard InChI is InChI=1S/C22H26N2O4/c1-26-17-10-8-16(9-11-17)18(24-12-4-5-13-24)14-23-22(25)21-15-27-19-6-2-3-7-20(19)28-21/h2-3,6-11,18,21H,4-5,12-15H2,1H3,(H,23,25)/t18-,21-/m0/s1. The van der Waals surface area contributed by atoms with Crippen molar-refractivity contribution in [3.63, 3.8) is 0 Å². The molecule has 0 aliphatic carbocycles. The molecule has 2 aromatic carbocycles. The van der Waals surface area contributed by atoms with Crippen LogP contribution in [-0.4, -0.2) is 50.3 Å². The highest BCUT2D eigenvalue weighted by molar-refractivity contribution is 5.81. The van der Waals surface area contributed by atoms with Crippen molar-refractivity contribution in [1.82, 2.24) is 10.2 Å². The van der Waals surface area contributed by atoms with E-state index < -0.39 is 6.10 Å². The Kier molecular flexibility index (Phi) is 5.67. The van der Waals surface area contributed by atoms with Crippen molar-refractivity contribution in [1.29, 1.82) is 0 Å². The molecule has 148 valence electrons. The predicted molar refractivity (Wildman–Crippen MR) is 106 cm³/mol. The second-order valence-corrected chi connectivity index (χ2v) is 7.14. The Bertz CT molecular complexity index is 802. The third-order valence-electron chi connectivity index (χ3n) is 5.35. The van der Waals surface area contributed by atoms with Crippen LogP contribution in [0, 0.1) is 0 Å². The molecule has 1 amide bonds. The molecular weight excluding hydrogens is 356 g/mol. The lowest BCUT2D eigenvalue weighted by molar-refractivity contribution is -0.130. The quantitative estimate of drug-likeness (QED) is 0.833. The summed E-state index contributed by atoms with van der Waals surface area (Å²) < 4.78 is 16.8. The minimum Gasteiger partial charge on any atom is -0.497 e. The molecule has 0 aromatic heterocycles. The molecule has 28 heavy (non-hydrogen) atoms. The fraction of sp³-hybridized carbons (Fsp3) is 0.409. The van der Waals surface area contributed by atoms with Crippen molar-refractivity contribution in [2.75, 3.05) is 33.4 Å². The predicted octanol–water partition coefficient (Wildman–Crippen LogP) is 2.79. The van der Waals surface area contributed by atoms with Gasteiger partial charge in [0.1, 0.15) is 12.4 Å². The number of carbonyl (C=O) groups is 1. The first kappa shape index (κ1) is 18.6. The molecule has 6 heteroatoms. The zero-order chi connectivity index (χ0) is 19.3. The molecule has 6 nitrogen and oxygen atoms in total. The van der Waals surface area contributed by atoms with E-state index in [1.165, 1.54) is 18.4 Å². The number of amides is 1. The maximum atomic E-state index is 12.7. The highest BCUT2D eigenvalue weighted by Gasteiger charge is 2.29. The molecule has 0 spiro atoms. The topological polar surface area (TPSA) is 60.0 Å². The third-order valence-corrected chi connectivity index (χ3v) is 5.35. The van der Waals surface area contributed by atoms with Crippen molar-refractivity contribution in [2.45, 2.75) is 25.0 Å². The van der Waals surface area contributed by atoms with E-state index in [2.05, 4.69) is 22.3 Å². The zero-order valence-electron chi connectivity index (χ0n) is 16.1. The molecule has 1 N–H and O–H groups in total. The average Bonchev–Trinajstić information content (AvgIpc) is 3.28. The Labute approximate surface area is 165 Å². The van der Waals surface area contributed by atoms with Crippen LogP contribution in [0.25, 0.3) is 0 Å². The van der Waals surface area contributed by atoms with E-state index >= 15 is 0 Å². The number of nitrogens with one attached hydrogen (secondary N) is 1. The zero-order valence-corrected chi connectivity index (χ0v) is 16.1. The number of rotatable bonds is 6. The van der Waals surface area contributed by atoms with Crippen LogP contribution >= 0.6 is 0 Å². The van der Waals surface area contributed by atoms with Crippen LogP contribution < -0.4 is 19.5 Å². The van der Waals surface area contributed by atoms with E-state index in [-0.39, 0.29) is 18.6 Å². The van der Waals surface area contributed by atoms with Crippen molar-refractivity contribution in [3.05, 3.63) is 54.1 Å². The Morgan fingerprint density at radius 3 is 2.57 bits per heavy atom. The van der Waals surface area contributed by atoms with Crippen molar-refractivity contribution in [2.24, 2.45) is 0 Å². The molecule has 2 aliphatic rings. The summed E-state index contributed by atoms with van der Waals surface area (Å²) in [4.78, 5) is 15.1. The van der Waals surface area contributed by atoms with E-state index in [1.807, 2.05) is 36.4 Å². The van der Waals surface area contributed by atoms with Gasteiger partial charge in [-0.25, -0.2) is 0 Å². The highest BCUT2D eigenvalue weighted by Crippen LogP contribution is 2.31. The van der Waals surface area contributed by atoms with Crippen LogP contribution in [0.5, 0.6) is 17.2 Å². The molecule has 4 rings (SSSR count). The molecule has 2 aromatic rings. The second kappa shape index (κ2) is 8.52. The number of para-hydroxylation sites is 2. The van der Waals surface area contributed by atoms with Crippen LogP contribution in [0.3, 0.4) is 0 Å². The van der Waals surface area contributed by atoms with Gasteiger partial charge in [0.15, 0.2) is 11.5 Å². The number of nitrogens with zero attached hydrogens (tertiary/aromatic N) is 1. The summed E-state index contributed by atoms with van der Waals surface area (Å²) in [5, 5.41) is 3.07. The lowest BCUT2D eigenvalue weighted by atomic mass is 10.0. The number of fused-ring (bicyclic) bond motifs is 1. The molecule has 1 fully saturated rings. The van der Waals surface area contributed by atoms with Crippen molar-refractivity contribution >= 4 is 5.91 Å². The van der Waals surface area contributed by atoms with E-state index in [4.69, 9.17) is 14.2 Å². The van der Waals surface area contributed by atoms with Crippen LogP contribution in [-0.2, 0) is 4.79 Å². The minimum absolute atomic E-state index is 0.133. The molecule has 2 atom stereocenters. The van der Waals surface area contributed by atoms with Gasteiger partial charge in [-0.15, -0.1) is 0 Å². The lowest BCUT2D eigenvalue weighted by Gasteiger charge is -2.30. The van der Waals surface area contributed by atoms with E-state index in [0.29, 0.717) is 18.0 Å². The van der Waals surface area contributed by atoms with Gasteiger partial charge >= 0.3 is 0 Å². The molecule has 0 bridgehead atoms. The highest BCUT2D eigenvalue weighted by atomic mass is 16.6. The van der Waals surface area contributed by atoms with Gasteiger partial charge in [0.25, 0.3) is 5.91 Å². The normalized spacial score (nSPS) is 19.8. The molecule has 1 saturated heterocycles. The van der Waals surface area contributed by atoms with Crippen LogP contribution in [0.1, 0.15) is 24.4 Å². The number of hydrogen-bond acceptors (Lipinski definition) is 5.